The smallest absolute Gasteiger partial charge is 0.267 e. The summed E-state index contributed by atoms with van der Waals surface area (Å²) in [5, 5.41) is 33.2. The zero-order valence-corrected chi connectivity index (χ0v) is 20.6. The molecule has 0 radical (unpaired) electrons. The van der Waals surface area contributed by atoms with Gasteiger partial charge in [0.05, 0.1) is 24.0 Å². The largest absolute Gasteiger partial charge is 0.390 e. The van der Waals surface area contributed by atoms with Crippen LogP contribution in [0.4, 0.5) is 0 Å². The molecule has 1 amide bonds. The maximum absolute atomic E-state index is 13.4. The van der Waals surface area contributed by atoms with Crippen LogP contribution in [0.5, 0.6) is 0 Å². The summed E-state index contributed by atoms with van der Waals surface area (Å²) in [6, 6.07) is 0. The van der Waals surface area contributed by atoms with E-state index in [9.17, 15) is 29.7 Å². The molecule has 3 aliphatic heterocycles. The van der Waals surface area contributed by atoms with Gasteiger partial charge >= 0.3 is 0 Å². The fraction of sp³-hybridized carbons (Fsp3) is 0.654. The summed E-state index contributed by atoms with van der Waals surface area (Å²) in [6.07, 6.45) is 3.01. The van der Waals surface area contributed by atoms with E-state index in [-0.39, 0.29) is 18.0 Å². The molecule has 0 bridgehead atoms. The van der Waals surface area contributed by atoms with Crippen LogP contribution in [-0.4, -0.2) is 79.0 Å². The number of allylic oxidation sites excluding steroid dienone is 2. The van der Waals surface area contributed by atoms with Crippen molar-refractivity contribution in [3.8, 4) is 0 Å². The van der Waals surface area contributed by atoms with E-state index in [2.05, 4.69) is 0 Å². The molecular weight excluding hydrogens is 454 g/mol. The van der Waals surface area contributed by atoms with Gasteiger partial charge in [0.1, 0.15) is 11.1 Å². The number of Topliss-reactive ketones (excluding diaryl/α,β-unsaturated/α-hetero) is 1. The van der Waals surface area contributed by atoms with Crippen LogP contribution in [0.25, 0.3) is 0 Å². The second-order valence-corrected chi connectivity index (χ2v) is 10.8. The minimum absolute atomic E-state index is 0.00220. The number of amides is 1. The molecule has 3 heterocycles. The van der Waals surface area contributed by atoms with Crippen LogP contribution in [-0.2, 0) is 23.9 Å². The predicted molar refractivity (Wildman–Crippen MR) is 122 cm³/mol. The van der Waals surface area contributed by atoms with Gasteiger partial charge in [0.15, 0.2) is 12.1 Å². The number of ether oxygens (including phenoxy) is 2. The van der Waals surface area contributed by atoms with Crippen molar-refractivity contribution in [2.24, 2.45) is 11.8 Å². The number of hydrogen-bond acceptors (Lipinski definition) is 8. The first-order chi connectivity index (χ1) is 16.3. The lowest BCUT2D eigenvalue weighted by Gasteiger charge is -2.42. The van der Waals surface area contributed by atoms with E-state index in [0.29, 0.717) is 24.0 Å². The highest BCUT2D eigenvalue weighted by atomic mass is 16.7. The third kappa shape index (κ3) is 3.02. The van der Waals surface area contributed by atoms with Crippen molar-refractivity contribution >= 4 is 17.5 Å². The molecule has 9 heteroatoms. The summed E-state index contributed by atoms with van der Waals surface area (Å²) >= 11 is 0. The molecule has 5 rings (SSSR count). The lowest BCUT2D eigenvalue weighted by molar-refractivity contribution is -0.233. The minimum Gasteiger partial charge on any atom is -0.390 e. The van der Waals surface area contributed by atoms with E-state index < -0.39 is 64.7 Å². The van der Waals surface area contributed by atoms with E-state index in [1.807, 2.05) is 6.92 Å². The standard InChI is InChI=1S/C26H33NO8/c1-6-25-11-12(2)20-13(3)21(35-19-8-7-17(29)14(4)34-19)16-9-15(28)10-18(26(16,20)33)27(25)23(31)24(5,32)22(25)30/h9-11,13-14,17,19-21,29,32-33H,6-8H2,1-5H3/t13-,14?,17+,19+,20-,21+,24-,25-,26+/m1/s1. The third-order valence-electron chi connectivity index (χ3n) is 8.66. The highest BCUT2D eigenvalue weighted by Crippen LogP contribution is 2.59. The van der Waals surface area contributed by atoms with Gasteiger partial charge in [-0.3, -0.25) is 19.3 Å². The van der Waals surface area contributed by atoms with Gasteiger partial charge in [-0.2, -0.15) is 0 Å². The lowest BCUT2D eigenvalue weighted by atomic mass is 9.76. The number of nitrogens with zero attached hydrogens (tertiary/aromatic N) is 1. The maximum Gasteiger partial charge on any atom is 0.267 e. The van der Waals surface area contributed by atoms with E-state index in [1.54, 1.807) is 26.8 Å². The summed E-state index contributed by atoms with van der Waals surface area (Å²) in [7, 11) is 0. The second kappa shape index (κ2) is 7.66. The molecule has 0 spiro atoms. The summed E-state index contributed by atoms with van der Waals surface area (Å²) < 4.78 is 12.2. The molecule has 190 valence electrons. The summed E-state index contributed by atoms with van der Waals surface area (Å²) in [5.74, 6) is -2.89. The first-order valence-electron chi connectivity index (χ1n) is 12.3. The Bertz CT molecular complexity index is 1100. The quantitative estimate of drug-likeness (QED) is 0.395. The van der Waals surface area contributed by atoms with Crippen LogP contribution >= 0.6 is 0 Å². The number of ketones is 2. The number of aliphatic hydroxyl groups excluding tert-OH is 1. The molecule has 0 aromatic rings. The monoisotopic (exact) mass is 487 g/mol. The number of carbonyl (C=O) groups excluding carboxylic acids is 3. The van der Waals surface area contributed by atoms with Gasteiger partial charge in [0.25, 0.3) is 5.91 Å². The molecule has 3 fully saturated rings. The van der Waals surface area contributed by atoms with Crippen molar-refractivity contribution in [1.82, 2.24) is 4.90 Å². The average Bonchev–Trinajstić information content (AvgIpc) is 3.04. The number of hydrogen-bond donors (Lipinski definition) is 3. The Hall–Kier alpha value is -2.17. The highest BCUT2D eigenvalue weighted by molar-refractivity contribution is 6.21. The molecule has 5 aliphatic rings. The van der Waals surface area contributed by atoms with E-state index >= 15 is 0 Å². The van der Waals surface area contributed by atoms with Crippen LogP contribution in [0.3, 0.4) is 0 Å². The minimum atomic E-state index is -2.28. The Morgan fingerprint density at radius 1 is 1.17 bits per heavy atom. The van der Waals surface area contributed by atoms with Crippen molar-refractivity contribution < 1.29 is 39.2 Å². The first kappa shape index (κ1) is 24.5. The van der Waals surface area contributed by atoms with E-state index in [0.717, 1.165) is 11.8 Å². The lowest BCUT2D eigenvalue weighted by Crippen LogP contribution is -2.53. The molecule has 1 saturated carbocycles. The van der Waals surface area contributed by atoms with Crippen molar-refractivity contribution in [3.63, 3.8) is 0 Å². The Labute approximate surface area is 204 Å². The van der Waals surface area contributed by atoms with Crippen molar-refractivity contribution in [2.45, 2.75) is 95.2 Å². The van der Waals surface area contributed by atoms with E-state index in [4.69, 9.17) is 9.47 Å². The fourth-order valence-electron chi connectivity index (χ4n) is 6.91. The molecule has 9 nitrogen and oxygen atoms in total. The van der Waals surface area contributed by atoms with E-state index in [1.165, 1.54) is 12.2 Å². The molecule has 35 heavy (non-hydrogen) atoms. The number of rotatable bonds is 3. The summed E-state index contributed by atoms with van der Waals surface area (Å²) in [5.41, 5.74) is -4.59. The molecule has 2 aliphatic carbocycles. The summed E-state index contributed by atoms with van der Waals surface area (Å²) in [6.45, 7) is 8.37. The topological polar surface area (TPSA) is 134 Å². The normalized spacial score (nSPS) is 47.1. The number of carbonyl (C=O) groups is 3. The van der Waals surface area contributed by atoms with Crippen LogP contribution in [0.15, 0.2) is 35.1 Å². The van der Waals surface area contributed by atoms with Crippen molar-refractivity contribution in [2.75, 3.05) is 0 Å². The Kier molecular flexibility index (Phi) is 5.37. The molecule has 0 aromatic heterocycles. The predicted octanol–water partition coefficient (Wildman–Crippen LogP) is 0.918. The van der Waals surface area contributed by atoms with Gasteiger partial charge in [-0.15, -0.1) is 0 Å². The second-order valence-electron chi connectivity index (χ2n) is 10.8. The zero-order chi connectivity index (χ0) is 25.7. The van der Waals surface area contributed by atoms with Gasteiger partial charge in [0, 0.05) is 24.0 Å². The highest BCUT2D eigenvalue weighted by Gasteiger charge is 2.71. The Morgan fingerprint density at radius 3 is 2.49 bits per heavy atom. The van der Waals surface area contributed by atoms with Crippen LogP contribution < -0.4 is 0 Å². The molecule has 9 atom stereocenters. The average molecular weight is 488 g/mol. The first-order valence-corrected chi connectivity index (χ1v) is 12.3. The Morgan fingerprint density at radius 2 is 1.86 bits per heavy atom. The van der Waals surface area contributed by atoms with Crippen molar-refractivity contribution in [3.05, 3.63) is 35.1 Å². The summed E-state index contributed by atoms with van der Waals surface area (Å²) in [4.78, 5) is 40.9. The van der Waals surface area contributed by atoms with Gasteiger partial charge in [0.2, 0.25) is 11.4 Å². The van der Waals surface area contributed by atoms with Crippen molar-refractivity contribution in [1.29, 1.82) is 0 Å². The number of aliphatic hydroxyl groups is 3. The molecule has 0 aromatic carbocycles. The van der Waals surface area contributed by atoms with Gasteiger partial charge in [-0.05, 0) is 45.6 Å². The molecule has 2 saturated heterocycles. The molecule has 1 unspecified atom stereocenters. The zero-order valence-electron chi connectivity index (χ0n) is 20.6. The van der Waals surface area contributed by atoms with Gasteiger partial charge in [-0.25, -0.2) is 0 Å². The van der Waals surface area contributed by atoms with Gasteiger partial charge in [-0.1, -0.05) is 25.5 Å². The van der Waals surface area contributed by atoms with Crippen LogP contribution in [0, 0.1) is 11.8 Å². The van der Waals surface area contributed by atoms with Crippen LogP contribution in [0.2, 0.25) is 0 Å². The molecule has 3 N–H and O–H groups in total. The van der Waals surface area contributed by atoms with Gasteiger partial charge < -0.3 is 24.8 Å². The SMILES string of the molecule is CC[C@]12C=C(C)[C@@H]3[C@@H](C)[C@H](O[C@H]4CC[C@H](O)C(C)O4)C4=CC(=O)C=C(N1C(=O)[C@](C)(O)C2=O)[C@@]43O. The van der Waals surface area contributed by atoms with Crippen LogP contribution in [0.1, 0.15) is 53.9 Å². The number of fused-ring (bicyclic) bond motifs is 2. The third-order valence-corrected chi connectivity index (χ3v) is 8.66. The maximum atomic E-state index is 13.4. The Balaban J connectivity index is 1.64. The molecular formula is C26H33NO8. The fourth-order valence-corrected chi connectivity index (χ4v) is 6.91.